The summed E-state index contributed by atoms with van der Waals surface area (Å²) in [5.74, 6) is 0.945. The lowest BCUT2D eigenvalue weighted by Gasteiger charge is -2.17. The quantitative estimate of drug-likeness (QED) is 0.313. The first kappa shape index (κ1) is 20.2. The van der Waals surface area contributed by atoms with Crippen LogP contribution in [-0.4, -0.2) is 45.2 Å². The molecule has 0 heterocycles. The fraction of sp³-hybridized carbons (Fsp3) is 0.562. The highest BCUT2D eigenvalue weighted by molar-refractivity contribution is 14.0. The molecule has 0 aliphatic carbocycles. The molecule has 0 atom stereocenters. The molecular formula is C16H28IN3O. The molecule has 0 aliphatic rings. The Morgan fingerprint density at radius 1 is 1.14 bits per heavy atom. The third-order valence-corrected chi connectivity index (χ3v) is 2.99. The minimum atomic E-state index is 0. The van der Waals surface area contributed by atoms with Gasteiger partial charge in [0.1, 0.15) is 0 Å². The summed E-state index contributed by atoms with van der Waals surface area (Å²) < 4.78 is 5.04. The third-order valence-electron chi connectivity index (χ3n) is 2.99. The Labute approximate surface area is 146 Å². The number of nitrogens with one attached hydrogen (secondary N) is 1. The highest BCUT2D eigenvalue weighted by atomic mass is 127. The largest absolute Gasteiger partial charge is 0.385 e. The number of rotatable bonds is 8. The highest BCUT2D eigenvalue weighted by Gasteiger charge is 2.00. The first-order chi connectivity index (χ1) is 9.74. The second kappa shape index (κ2) is 12.9. The van der Waals surface area contributed by atoms with E-state index in [1.165, 1.54) is 12.0 Å². The van der Waals surface area contributed by atoms with Crippen molar-refractivity contribution in [1.82, 2.24) is 10.2 Å². The molecule has 0 aromatic heterocycles. The van der Waals surface area contributed by atoms with Crippen LogP contribution in [0.25, 0.3) is 0 Å². The van der Waals surface area contributed by atoms with Crippen molar-refractivity contribution in [1.29, 1.82) is 0 Å². The fourth-order valence-corrected chi connectivity index (χ4v) is 1.85. The van der Waals surface area contributed by atoms with Crippen LogP contribution in [0.4, 0.5) is 0 Å². The van der Waals surface area contributed by atoms with Crippen LogP contribution >= 0.6 is 24.0 Å². The van der Waals surface area contributed by atoms with Gasteiger partial charge >= 0.3 is 0 Å². The van der Waals surface area contributed by atoms with E-state index in [4.69, 9.17) is 4.74 Å². The number of ether oxygens (including phenoxy) is 1. The molecule has 4 nitrogen and oxygen atoms in total. The Morgan fingerprint density at radius 2 is 1.86 bits per heavy atom. The Hall–Kier alpha value is -0.820. The topological polar surface area (TPSA) is 36.9 Å². The maximum Gasteiger partial charge on any atom is 0.193 e. The Kier molecular flexibility index (Phi) is 12.4. The summed E-state index contributed by atoms with van der Waals surface area (Å²) in [5, 5.41) is 3.40. The Balaban J connectivity index is 0.00000400. The number of aliphatic imine (C=N–C) groups is 1. The van der Waals surface area contributed by atoms with Gasteiger partial charge in [-0.15, -0.1) is 24.0 Å². The van der Waals surface area contributed by atoms with Crippen LogP contribution in [0.5, 0.6) is 0 Å². The van der Waals surface area contributed by atoms with E-state index >= 15 is 0 Å². The summed E-state index contributed by atoms with van der Waals surface area (Å²) in [5.41, 5.74) is 1.23. The Bertz CT molecular complexity index is 382. The van der Waals surface area contributed by atoms with Crippen molar-refractivity contribution in [2.75, 3.05) is 34.4 Å². The van der Waals surface area contributed by atoms with E-state index in [1.807, 2.05) is 37.2 Å². The number of guanidine groups is 1. The van der Waals surface area contributed by atoms with E-state index in [9.17, 15) is 0 Å². The van der Waals surface area contributed by atoms with Crippen molar-refractivity contribution in [2.45, 2.75) is 25.8 Å². The molecule has 0 saturated carbocycles. The summed E-state index contributed by atoms with van der Waals surface area (Å²) in [7, 11) is 5.78. The lowest BCUT2D eigenvalue weighted by atomic mass is 10.2. The molecule has 120 valence electrons. The molecule has 0 radical (unpaired) electrons. The molecule has 0 fully saturated rings. The molecule has 21 heavy (non-hydrogen) atoms. The predicted molar refractivity (Wildman–Crippen MR) is 100 cm³/mol. The average molecular weight is 405 g/mol. The molecule has 1 aromatic carbocycles. The van der Waals surface area contributed by atoms with Gasteiger partial charge in [-0.2, -0.15) is 0 Å². The van der Waals surface area contributed by atoms with Crippen molar-refractivity contribution < 1.29 is 4.74 Å². The number of hydrogen-bond donors (Lipinski definition) is 1. The van der Waals surface area contributed by atoms with Gasteiger partial charge in [0.05, 0.1) is 6.54 Å². The van der Waals surface area contributed by atoms with Crippen LogP contribution in [0.15, 0.2) is 35.3 Å². The number of methoxy groups -OCH3 is 1. The van der Waals surface area contributed by atoms with Gasteiger partial charge in [-0.3, -0.25) is 0 Å². The monoisotopic (exact) mass is 405 g/mol. The van der Waals surface area contributed by atoms with E-state index in [-0.39, 0.29) is 24.0 Å². The average Bonchev–Trinajstić information content (AvgIpc) is 2.46. The first-order valence-electron chi connectivity index (χ1n) is 7.22. The zero-order chi connectivity index (χ0) is 14.6. The molecule has 0 unspecified atom stereocenters. The van der Waals surface area contributed by atoms with Gasteiger partial charge < -0.3 is 15.0 Å². The minimum Gasteiger partial charge on any atom is -0.385 e. The van der Waals surface area contributed by atoms with Crippen LogP contribution in [0.3, 0.4) is 0 Å². The Morgan fingerprint density at radius 3 is 2.48 bits per heavy atom. The molecule has 1 rings (SSSR count). The summed E-state index contributed by atoms with van der Waals surface area (Å²) >= 11 is 0. The van der Waals surface area contributed by atoms with Crippen molar-refractivity contribution in [3.63, 3.8) is 0 Å². The van der Waals surface area contributed by atoms with E-state index in [0.29, 0.717) is 6.54 Å². The van der Waals surface area contributed by atoms with E-state index in [2.05, 4.69) is 22.4 Å². The zero-order valence-electron chi connectivity index (χ0n) is 13.3. The number of nitrogens with zero attached hydrogens (tertiary/aromatic N) is 2. The van der Waals surface area contributed by atoms with Crippen molar-refractivity contribution in [3.8, 4) is 0 Å². The van der Waals surface area contributed by atoms with Crippen LogP contribution in [0, 0.1) is 0 Å². The molecule has 1 aromatic rings. The summed E-state index contributed by atoms with van der Waals surface area (Å²) in [4.78, 5) is 6.66. The highest BCUT2D eigenvalue weighted by Crippen LogP contribution is 2.01. The third kappa shape index (κ3) is 9.68. The van der Waals surface area contributed by atoms with Crippen LogP contribution in [-0.2, 0) is 11.3 Å². The molecular weight excluding hydrogens is 377 g/mol. The van der Waals surface area contributed by atoms with Gasteiger partial charge in [0.25, 0.3) is 0 Å². The van der Waals surface area contributed by atoms with Gasteiger partial charge in [0.15, 0.2) is 5.96 Å². The maximum atomic E-state index is 5.04. The van der Waals surface area contributed by atoms with Gasteiger partial charge in [-0.05, 0) is 24.8 Å². The van der Waals surface area contributed by atoms with Gasteiger partial charge in [0, 0.05) is 34.4 Å². The van der Waals surface area contributed by atoms with E-state index in [1.54, 1.807) is 7.11 Å². The SMILES string of the molecule is COCCCCCNC(=NCc1ccccc1)N(C)C.I. The van der Waals surface area contributed by atoms with Crippen molar-refractivity contribution in [3.05, 3.63) is 35.9 Å². The van der Waals surface area contributed by atoms with Crippen LogP contribution < -0.4 is 5.32 Å². The minimum absolute atomic E-state index is 0. The number of halogens is 1. The molecule has 1 N–H and O–H groups in total. The number of benzene rings is 1. The molecule has 0 saturated heterocycles. The normalized spacial score (nSPS) is 10.9. The molecule has 0 amide bonds. The van der Waals surface area contributed by atoms with E-state index in [0.717, 1.165) is 32.0 Å². The standard InChI is InChI=1S/C16H27N3O.HI/c1-19(2)16(17-12-8-5-9-13-20-3)18-14-15-10-6-4-7-11-15;/h4,6-7,10-11H,5,8-9,12-14H2,1-3H3,(H,17,18);1H. The van der Waals surface area contributed by atoms with Gasteiger partial charge in [-0.25, -0.2) is 4.99 Å². The van der Waals surface area contributed by atoms with Crippen LogP contribution in [0.2, 0.25) is 0 Å². The first-order valence-corrected chi connectivity index (χ1v) is 7.22. The lowest BCUT2D eigenvalue weighted by molar-refractivity contribution is 0.192. The lowest BCUT2D eigenvalue weighted by Crippen LogP contribution is -2.37. The zero-order valence-corrected chi connectivity index (χ0v) is 15.7. The van der Waals surface area contributed by atoms with Gasteiger partial charge in [0.2, 0.25) is 0 Å². The number of unbranched alkanes of at least 4 members (excludes halogenated alkanes) is 2. The molecule has 0 aliphatic heterocycles. The predicted octanol–water partition coefficient (Wildman–Crippen LogP) is 3.13. The van der Waals surface area contributed by atoms with Crippen molar-refractivity contribution >= 4 is 29.9 Å². The molecule has 0 spiro atoms. The second-order valence-corrected chi connectivity index (χ2v) is 5.00. The fourth-order valence-electron chi connectivity index (χ4n) is 1.85. The molecule has 0 bridgehead atoms. The second-order valence-electron chi connectivity index (χ2n) is 5.00. The van der Waals surface area contributed by atoms with Crippen molar-refractivity contribution in [2.24, 2.45) is 4.99 Å². The molecule has 5 heteroatoms. The number of hydrogen-bond acceptors (Lipinski definition) is 2. The summed E-state index contributed by atoms with van der Waals surface area (Å²) in [6.07, 6.45) is 3.44. The summed E-state index contributed by atoms with van der Waals surface area (Å²) in [6.45, 7) is 2.52. The smallest absolute Gasteiger partial charge is 0.193 e. The maximum absolute atomic E-state index is 5.04. The van der Waals surface area contributed by atoms with E-state index < -0.39 is 0 Å². The summed E-state index contributed by atoms with van der Waals surface area (Å²) in [6, 6.07) is 10.3. The van der Waals surface area contributed by atoms with Gasteiger partial charge in [-0.1, -0.05) is 30.3 Å². The van der Waals surface area contributed by atoms with Crippen LogP contribution in [0.1, 0.15) is 24.8 Å².